The monoisotopic (exact) mass is 342 g/mol. The Morgan fingerprint density at radius 2 is 1.24 bits per heavy atom. The lowest BCUT2D eigenvalue weighted by atomic mass is 9.78. The third-order valence-electron chi connectivity index (χ3n) is 4.29. The van der Waals surface area contributed by atoms with Gasteiger partial charge in [0.05, 0.1) is 0 Å². The number of phenolic OH excluding ortho intramolecular Hbond substituents is 2. The summed E-state index contributed by atoms with van der Waals surface area (Å²) in [4.78, 5) is 10.0. The van der Waals surface area contributed by atoms with E-state index in [0.717, 1.165) is 11.1 Å². The highest BCUT2D eigenvalue weighted by Crippen LogP contribution is 2.41. The second kappa shape index (κ2) is 6.05. The van der Waals surface area contributed by atoms with Gasteiger partial charge >= 0.3 is 11.9 Å². The van der Waals surface area contributed by atoms with Gasteiger partial charge in [-0.25, -0.2) is 4.79 Å². The maximum atomic E-state index is 10.0. The van der Waals surface area contributed by atoms with Crippen LogP contribution in [0.4, 0.5) is 0 Å². The van der Waals surface area contributed by atoms with Crippen LogP contribution in [0.15, 0.2) is 60.0 Å². The molecule has 0 aliphatic carbocycles. The van der Waals surface area contributed by atoms with Gasteiger partial charge in [0, 0.05) is 5.41 Å². The predicted molar refractivity (Wildman–Crippen MR) is 89.0 cm³/mol. The number of ether oxygens (including phenoxy) is 2. The average Bonchev–Trinajstić information content (AvgIpc) is 2.45. The third kappa shape index (κ3) is 3.10. The lowest BCUT2D eigenvalue weighted by molar-refractivity contribution is -0.284. The molecule has 6 heteroatoms. The summed E-state index contributed by atoms with van der Waals surface area (Å²) in [6.45, 7) is 4.23. The van der Waals surface area contributed by atoms with Crippen LogP contribution in [-0.2, 0) is 19.7 Å². The summed E-state index contributed by atoms with van der Waals surface area (Å²) in [7, 11) is 0. The Morgan fingerprint density at radius 1 is 0.880 bits per heavy atom. The van der Waals surface area contributed by atoms with Crippen molar-refractivity contribution >= 4 is 5.97 Å². The molecule has 3 aliphatic rings. The van der Waals surface area contributed by atoms with E-state index in [1.165, 1.54) is 0 Å². The van der Waals surface area contributed by atoms with Crippen molar-refractivity contribution in [1.29, 1.82) is 0 Å². The molecular weight excluding hydrogens is 324 g/mol. The molecule has 130 valence electrons. The van der Waals surface area contributed by atoms with Crippen LogP contribution in [0, 0.1) is 0 Å². The lowest BCUT2D eigenvalue weighted by Gasteiger charge is -2.41. The van der Waals surface area contributed by atoms with E-state index >= 15 is 0 Å². The fraction of sp³-hybridized carbons (Fsp3) is 0.211. The molecule has 0 saturated carbocycles. The number of hydrogen-bond donors (Lipinski definition) is 3. The van der Waals surface area contributed by atoms with Crippen LogP contribution in [-0.4, -0.2) is 27.6 Å². The standard InChI is InChI=1S/C15H16O2.C4H2O4/c1-15(2,11-3-7-13(16)8-4-11)12-5-9-14(17)10-6-12;5-2(6)1-3-7-4(1)8-3/h3-10,16-17H,1-2H3;3H,(H,5,6). The molecular formula is C19H18O6. The molecule has 2 bridgehead atoms. The van der Waals surface area contributed by atoms with Crippen molar-refractivity contribution in [2.24, 2.45) is 0 Å². The number of carboxylic acids is 1. The Kier molecular flexibility index (Phi) is 4.04. The minimum atomic E-state index is -0.942. The van der Waals surface area contributed by atoms with Gasteiger partial charge < -0.3 is 24.8 Å². The molecule has 2 aromatic carbocycles. The molecule has 5 rings (SSSR count). The van der Waals surface area contributed by atoms with E-state index in [-0.39, 0.29) is 28.4 Å². The number of carboxylic acid groups (broad SMARTS) is 1. The smallest absolute Gasteiger partial charge is 0.346 e. The number of carbonyl (C=O) groups is 1. The summed E-state index contributed by atoms with van der Waals surface area (Å²) in [5.74, 6) is -0.212. The number of aliphatic carboxylic acids is 1. The van der Waals surface area contributed by atoms with E-state index in [4.69, 9.17) is 5.11 Å². The highest BCUT2D eigenvalue weighted by Gasteiger charge is 2.52. The van der Waals surface area contributed by atoms with Crippen LogP contribution in [0.3, 0.4) is 0 Å². The van der Waals surface area contributed by atoms with Gasteiger partial charge in [-0.2, -0.15) is 0 Å². The van der Waals surface area contributed by atoms with E-state index < -0.39 is 12.3 Å². The van der Waals surface area contributed by atoms with E-state index in [2.05, 4.69) is 23.3 Å². The van der Waals surface area contributed by atoms with Crippen LogP contribution in [0.25, 0.3) is 0 Å². The summed E-state index contributed by atoms with van der Waals surface area (Å²) in [6.07, 6.45) is -0.553. The predicted octanol–water partition coefficient (Wildman–Crippen LogP) is 3.09. The van der Waals surface area contributed by atoms with Crippen LogP contribution >= 0.6 is 0 Å². The normalized spacial score (nSPS) is 15.0. The Bertz CT molecular complexity index is 762. The van der Waals surface area contributed by atoms with E-state index in [1.54, 1.807) is 24.3 Å². The van der Waals surface area contributed by atoms with Gasteiger partial charge in [-0.05, 0) is 35.4 Å². The van der Waals surface area contributed by atoms with Crippen molar-refractivity contribution < 1.29 is 29.6 Å². The number of hydrogen-bond acceptors (Lipinski definition) is 5. The van der Waals surface area contributed by atoms with Gasteiger partial charge in [-0.1, -0.05) is 38.1 Å². The largest absolute Gasteiger partial charge is 0.508 e. The molecule has 0 aromatic heterocycles. The summed E-state index contributed by atoms with van der Waals surface area (Å²) < 4.78 is 9.16. The molecule has 0 amide bonds. The van der Waals surface area contributed by atoms with Crippen LogP contribution < -0.4 is 0 Å². The maximum absolute atomic E-state index is 10.0. The first-order valence-electron chi connectivity index (χ1n) is 7.69. The maximum Gasteiger partial charge on any atom is 0.346 e. The summed E-state index contributed by atoms with van der Waals surface area (Å²) >= 11 is 0. The Balaban J connectivity index is 0.000000188. The van der Waals surface area contributed by atoms with Crippen molar-refractivity contribution in [3.05, 3.63) is 71.2 Å². The van der Waals surface area contributed by atoms with Crippen LogP contribution in [0.1, 0.15) is 25.0 Å². The lowest BCUT2D eigenvalue weighted by Crippen LogP contribution is -2.47. The zero-order valence-electron chi connectivity index (χ0n) is 13.8. The Morgan fingerprint density at radius 3 is 1.44 bits per heavy atom. The van der Waals surface area contributed by atoms with E-state index in [1.807, 2.05) is 24.3 Å². The molecule has 3 heterocycles. The summed E-state index contributed by atoms with van der Waals surface area (Å²) in [5.41, 5.74) is 2.37. The average molecular weight is 342 g/mol. The first kappa shape index (κ1) is 16.7. The molecule has 0 radical (unpaired) electrons. The summed E-state index contributed by atoms with van der Waals surface area (Å²) in [5, 5.41) is 26.8. The van der Waals surface area contributed by atoms with Gasteiger partial charge in [0.1, 0.15) is 11.5 Å². The Hall–Kier alpha value is -3.15. The first-order chi connectivity index (χ1) is 11.8. The zero-order chi connectivity index (χ0) is 18.2. The SMILES string of the molecule is CC(C)(c1ccc(O)cc1)c1ccc(O)cc1.O=C(O)C1=C2OC1O2. The zero-order valence-corrected chi connectivity index (χ0v) is 13.8. The first-order valence-corrected chi connectivity index (χ1v) is 7.69. The number of rotatable bonds is 3. The molecule has 1 saturated heterocycles. The molecule has 2 aromatic rings. The van der Waals surface area contributed by atoms with Crippen molar-refractivity contribution in [3.63, 3.8) is 0 Å². The molecule has 3 N–H and O–H groups in total. The number of benzene rings is 2. The topological polar surface area (TPSA) is 96.2 Å². The van der Waals surface area contributed by atoms with Crippen molar-refractivity contribution in [2.75, 3.05) is 0 Å². The second-order valence-corrected chi connectivity index (χ2v) is 6.29. The Labute approximate surface area is 144 Å². The van der Waals surface area contributed by atoms with Gasteiger partial charge in [-0.15, -0.1) is 0 Å². The van der Waals surface area contributed by atoms with E-state index in [9.17, 15) is 15.0 Å². The molecule has 6 nitrogen and oxygen atoms in total. The fourth-order valence-corrected chi connectivity index (χ4v) is 2.54. The second-order valence-electron chi connectivity index (χ2n) is 6.29. The van der Waals surface area contributed by atoms with Crippen molar-refractivity contribution in [1.82, 2.24) is 0 Å². The van der Waals surface area contributed by atoms with Crippen LogP contribution in [0.2, 0.25) is 0 Å². The molecule has 3 aliphatic heterocycles. The van der Waals surface area contributed by atoms with Crippen LogP contribution in [0.5, 0.6) is 11.5 Å². The fourth-order valence-electron chi connectivity index (χ4n) is 2.54. The number of phenols is 2. The minimum Gasteiger partial charge on any atom is -0.508 e. The molecule has 0 spiro atoms. The van der Waals surface area contributed by atoms with Gasteiger partial charge in [0.2, 0.25) is 0 Å². The van der Waals surface area contributed by atoms with Gasteiger partial charge in [0.15, 0.2) is 5.57 Å². The third-order valence-corrected chi connectivity index (χ3v) is 4.29. The van der Waals surface area contributed by atoms with Crippen molar-refractivity contribution in [3.8, 4) is 11.5 Å². The van der Waals surface area contributed by atoms with E-state index in [0.29, 0.717) is 0 Å². The molecule has 0 atom stereocenters. The highest BCUT2D eigenvalue weighted by molar-refractivity contribution is 5.90. The summed E-state index contributed by atoms with van der Waals surface area (Å²) in [6, 6.07) is 14.4. The van der Waals surface area contributed by atoms with Gasteiger partial charge in [0.25, 0.3) is 6.29 Å². The van der Waals surface area contributed by atoms with Crippen molar-refractivity contribution in [2.45, 2.75) is 25.6 Å². The highest BCUT2D eigenvalue weighted by atomic mass is 16.9. The molecule has 25 heavy (non-hydrogen) atoms. The molecule has 0 unspecified atom stereocenters. The van der Waals surface area contributed by atoms with Gasteiger partial charge in [-0.3, -0.25) is 0 Å². The minimum absolute atomic E-state index is 0.151. The number of aromatic hydroxyl groups is 2. The molecule has 1 fully saturated rings. The quantitative estimate of drug-likeness (QED) is 0.793.